The van der Waals surface area contributed by atoms with E-state index in [9.17, 15) is 54.2 Å². The zero-order chi connectivity index (χ0) is 37.3. The summed E-state index contributed by atoms with van der Waals surface area (Å²) < 4.78 is 40.4. The van der Waals surface area contributed by atoms with Crippen molar-refractivity contribution in [3.63, 3.8) is 0 Å². The number of likely N-dealkylation sites (tertiary alicyclic amines) is 1. The van der Waals surface area contributed by atoms with Crippen LogP contribution in [0.4, 0.5) is 19.0 Å². The van der Waals surface area contributed by atoms with Crippen molar-refractivity contribution in [2.75, 3.05) is 18.4 Å². The molecule has 9 N–H and O–H groups in total. The molecule has 2 aliphatic heterocycles. The number of anilines is 1. The maximum Gasteiger partial charge on any atom is 0.393 e. The fraction of sp³-hybridized carbons (Fsp3) is 0.516. The molecular weight excluding hydrogens is 696 g/mol. The Bertz CT molecular complexity index is 1960. The van der Waals surface area contributed by atoms with E-state index in [-0.39, 0.29) is 23.2 Å². The summed E-state index contributed by atoms with van der Waals surface area (Å²) in [5, 5.41) is 89.6. The molecule has 274 valence electrons. The minimum Gasteiger partial charge on any atom is -0.377 e. The summed E-state index contributed by atoms with van der Waals surface area (Å²) in [5.74, 6) is -10.2. The number of hydrogen-bond donors (Lipinski definition) is 9. The Morgan fingerprint density at radius 2 is 1.76 bits per heavy atom. The van der Waals surface area contributed by atoms with Crippen LogP contribution in [0.5, 0.6) is 0 Å². The first-order valence-corrected chi connectivity index (χ1v) is 16.9. The van der Waals surface area contributed by atoms with Gasteiger partial charge in [-0.2, -0.15) is 18.4 Å². The van der Waals surface area contributed by atoms with Gasteiger partial charge in [-0.1, -0.05) is 6.07 Å². The summed E-state index contributed by atoms with van der Waals surface area (Å²) in [7, 11) is 0.844. The zero-order valence-electron chi connectivity index (χ0n) is 27.8. The van der Waals surface area contributed by atoms with E-state index in [4.69, 9.17) is 0 Å². The number of nitrogens with one attached hydrogen (secondary N) is 2. The molecule has 0 aliphatic carbocycles. The quantitative estimate of drug-likeness (QED) is 0.0822. The molecule has 20 heteroatoms. The van der Waals surface area contributed by atoms with Crippen LogP contribution < -0.4 is 10.6 Å². The maximum atomic E-state index is 13.0. The first-order chi connectivity index (χ1) is 23.6. The van der Waals surface area contributed by atoms with Crippen LogP contribution in [0.25, 0.3) is 21.1 Å². The molecule has 51 heavy (non-hydrogen) atoms. The molecular formula is C31H38BF3N8O7S. The average molecular weight is 735 g/mol. The van der Waals surface area contributed by atoms with Gasteiger partial charge >= 0.3 is 6.18 Å². The molecule has 2 atom stereocenters. The van der Waals surface area contributed by atoms with Gasteiger partial charge in [0.25, 0.3) is 17.7 Å². The number of alkyl halides is 3. The largest absolute Gasteiger partial charge is 0.393 e. The lowest BCUT2D eigenvalue weighted by Gasteiger charge is -2.60. The molecule has 0 radical (unpaired) electrons. The third-order valence-corrected chi connectivity index (χ3v) is 10.9. The molecule has 1 aromatic carbocycles. The smallest absolute Gasteiger partial charge is 0.377 e. The van der Waals surface area contributed by atoms with Gasteiger partial charge in [-0.15, -0.1) is 11.3 Å². The van der Waals surface area contributed by atoms with Crippen LogP contribution in [0.15, 0.2) is 30.6 Å². The van der Waals surface area contributed by atoms with Gasteiger partial charge in [0.05, 0.1) is 11.8 Å². The second-order valence-electron chi connectivity index (χ2n) is 13.5. The van der Waals surface area contributed by atoms with E-state index >= 15 is 0 Å². The van der Waals surface area contributed by atoms with Crippen molar-refractivity contribution in [2.45, 2.75) is 87.8 Å². The topological polar surface area (TPSA) is 227 Å². The van der Waals surface area contributed by atoms with E-state index < -0.39 is 42.0 Å². The number of piperidine rings is 1. The first-order valence-electron chi connectivity index (χ1n) is 16.1. The Morgan fingerprint density at radius 3 is 2.41 bits per heavy atom. The molecule has 4 aromatic rings. The van der Waals surface area contributed by atoms with Crippen LogP contribution in [0.2, 0.25) is 0 Å². The van der Waals surface area contributed by atoms with Crippen molar-refractivity contribution in [3.8, 4) is 6.07 Å². The number of aromatic nitrogens is 3. The van der Waals surface area contributed by atoms with Crippen LogP contribution in [0, 0.1) is 18.3 Å². The summed E-state index contributed by atoms with van der Waals surface area (Å²) >= 11 is 1.01. The molecule has 0 saturated carbocycles. The van der Waals surface area contributed by atoms with Crippen molar-refractivity contribution in [2.24, 2.45) is 0 Å². The van der Waals surface area contributed by atoms with E-state index in [1.807, 2.05) is 13.0 Å². The van der Waals surface area contributed by atoms with Gasteiger partial charge in [0.15, 0.2) is 13.5 Å². The lowest BCUT2D eigenvalue weighted by molar-refractivity contribution is -0.519. The summed E-state index contributed by atoms with van der Waals surface area (Å²) in [4.78, 5) is 11.7. The Hall–Kier alpha value is -3.46. The Balaban J connectivity index is 1.16. The molecule has 2 aliphatic rings. The normalized spacial score (nSPS) is 23.4. The monoisotopic (exact) mass is 734 g/mol. The van der Waals surface area contributed by atoms with E-state index in [2.05, 4.69) is 26.3 Å². The molecule has 2 fully saturated rings. The summed E-state index contributed by atoms with van der Waals surface area (Å²) in [6, 6.07) is 7.84. The highest BCUT2D eigenvalue weighted by Gasteiger charge is 2.71. The van der Waals surface area contributed by atoms with Gasteiger partial charge in [0, 0.05) is 54.0 Å². The van der Waals surface area contributed by atoms with Crippen molar-refractivity contribution >= 4 is 46.1 Å². The number of halogens is 3. The molecule has 5 heterocycles. The number of nitriles is 1. The van der Waals surface area contributed by atoms with Crippen LogP contribution >= 0.6 is 11.3 Å². The number of fused-ring (bicyclic) bond motifs is 2. The van der Waals surface area contributed by atoms with Gasteiger partial charge in [0.2, 0.25) is 0 Å². The highest BCUT2D eigenvalue weighted by Crippen LogP contribution is 2.39. The Labute approximate surface area is 294 Å². The number of piperazine rings is 1. The van der Waals surface area contributed by atoms with Crippen LogP contribution in [-0.4, -0.2) is 123 Å². The predicted octanol–water partition coefficient (Wildman–Crippen LogP) is -0.504. The van der Waals surface area contributed by atoms with Crippen molar-refractivity contribution in [3.05, 3.63) is 52.3 Å². The average Bonchev–Trinajstić information content (AvgIpc) is 3.58. The number of aryl methyl sites for hydroxylation is 1. The molecule has 6 rings (SSSR count). The van der Waals surface area contributed by atoms with Gasteiger partial charge in [-0.05, 0) is 56.0 Å². The van der Waals surface area contributed by atoms with E-state index in [0.29, 0.717) is 33.0 Å². The van der Waals surface area contributed by atoms with Gasteiger partial charge in [0.1, 0.15) is 28.7 Å². The van der Waals surface area contributed by atoms with Crippen LogP contribution in [0.3, 0.4) is 0 Å². The molecule has 3 aromatic heterocycles. The molecule has 2 saturated heterocycles. The fourth-order valence-electron chi connectivity index (χ4n) is 7.12. The van der Waals surface area contributed by atoms with Crippen molar-refractivity contribution in [1.82, 2.24) is 29.7 Å². The zero-order valence-corrected chi connectivity index (χ0v) is 28.7. The number of thiophene rings is 1. The number of nitrogens with zero attached hydrogens (tertiary/aromatic N) is 6. The second kappa shape index (κ2) is 12.9. The third-order valence-electron chi connectivity index (χ3n) is 9.83. The Kier molecular flexibility index (Phi) is 9.43. The van der Waals surface area contributed by atoms with Gasteiger partial charge in [-0.3, -0.25) is 4.90 Å². The number of hydrogen-bond acceptors (Lipinski definition) is 15. The maximum absolute atomic E-state index is 13.0. The lowest BCUT2D eigenvalue weighted by Crippen LogP contribution is -2.91. The van der Waals surface area contributed by atoms with Crippen LogP contribution in [-0.2, 0) is 19.5 Å². The predicted molar refractivity (Wildman–Crippen MR) is 180 cm³/mol. The minimum absolute atomic E-state index is 0.0554. The SMILES string of the molecule is BC1(O)N(C(C)Cn2c(C#N)cc3c(C)c(CN4CCC(Nc5ncnc6sc(CC(F)(F)F)cc56)CC4)ccc32)C(O)(O)C(O)(O)NC1(O)O. The molecule has 2 unspecified atom stereocenters. The van der Waals surface area contributed by atoms with E-state index in [1.165, 1.54) is 24.6 Å². The van der Waals surface area contributed by atoms with E-state index in [0.717, 1.165) is 61.6 Å². The number of aliphatic hydroxyl groups is 7. The summed E-state index contributed by atoms with van der Waals surface area (Å²) in [5.41, 5.74) is -0.179. The highest BCUT2D eigenvalue weighted by molar-refractivity contribution is 7.18. The van der Waals surface area contributed by atoms with Gasteiger partial charge in [-0.25, -0.2) is 20.2 Å². The first kappa shape index (κ1) is 37.3. The molecule has 0 bridgehead atoms. The molecule has 0 spiro atoms. The fourth-order valence-corrected chi connectivity index (χ4v) is 8.15. The van der Waals surface area contributed by atoms with Crippen molar-refractivity contribution in [1.29, 1.82) is 5.26 Å². The lowest BCUT2D eigenvalue weighted by atomic mass is 9.80. The minimum atomic E-state index is -4.31. The summed E-state index contributed by atoms with van der Waals surface area (Å²) in [6.45, 7) is 5.14. The highest BCUT2D eigenvalue weighted by atomic mass is 32.1. The Morgan fingerprint density at radius 1 is 1.08 bits per heavy atom. The van der Waals surface area contributed by atoms with Crippen molar-refractivity contribution < 1.29 is 48.9 Å². The second-order valence-corrected chi connectivity index (χ2v) is 14.6. The number of rotatable bonds is 8. The van der Waals surface area contributed by atoms with E-state index in [1.54, 1.807) is 16.7 Å². The third kappa shape index (κ3) is 6.80. The summed E-state index contributed by atoms with van der Waals surface area (Å²) in [6.07, 6.45) is -2.45. The van der Waals surface area contributed by atoms with Crippen LogP contribution in [0.1, 0.15) is 41.5 Å². The standard InChI is InChI=1S/C31H38BF3N8O7S/c1-16(43-28(32,44)29(45,46)40-30(47,48)31(43,49)50)13-42-20(12-36)9-22-17(2)18(3-4-24(22)42)14-41-7-5-19(6-8-41)39-25-23-10-21(11-27(33,34)35)51-26(23)38-15-37-25/h3-4,9-10,15-16,19,40,44-50H,5-8,11,13-14,32H2,1-2H3,(H,37,38,39). The molecule has 15 nitrogen and oxygen atoms in total. The molecule has 0 amide bonds. The number of benzene rings is 1. The van der Waals surface area contributed by atoms with Gasteiger partial charge < -0.3 is 45.6 Å².